The lowest BCUT2D eigenvalue weighted by atomic mass is 10.3. The van der Waals surface area contributed by atoms with E-state index in [1.165, 1.54) is 0 Å². The number of carbonyl (C=O) groups is 1. The third-order valence-electron chi connectivity index (χ3n) is 3.09. The number of H-pyrrole nitrogens is 1. The number of rotatable bonds is 2. The Labute approximate surface area is 118 Å². The Morgan fingerprint density at radius 1 is 1.14 bits per heavy atom. The van der Waals surface area contributed by atoms with Gasteiger partial charge in [-0.05, 0) is 24.3 Å². The van der Waals surface area contributed by atoms with Crippen LogP contribution in [0.2, 0.25) is 0 Å². The van der Waals surface area contributed by atoms with E-state index < -0.39 is 0 Å². The SMILES string of the molecule is O=C(Nc1nc2ccccc2[nH]1)c1cn2ncccc2n1. The van der Waals surface area contributed by atoms with Crippen molar-refractivity contribution in [1.82, 2.24) is 24.6 Å². The molecule has 3 heterocycles. The van der Waals surface area contributed by atoms with Crippen molar-refractivity contribution in [3.63, 3.8) is 0 Å². The summed E-state index contributed by atoms with van der Waals surface area (Å²) in [6, 6.07) is 11.1. The molecule has 0 bridgehead atoms. The summed E-state index contributed by atoms with van der Waals surface area (Å²) < 4.78 is 1.55. The number of anilines is 1. The summed E-state index contributed by atoms with van der Waals surface area (Å²) in [7, 11) is 0. The molecule has 7 nitrogen and oxygen atoms in total. The maximum absolute atomic E-state index is 12.2. The number of aromatic amines is 1. The van der Waals surface area contributed by atoms with Crippen LogP contribution < -0.4 is 5.32 Å². The van der Waals surface area contributed by atoms with Gasteiger partial charge < -0.3 is 4.98 Å². The number of para-hydroxylation sites is 2. The lowest BCUT2D eigenvalue weighted by Crippen LogP contribution is -2.13. The second-order valence-electron chi connectivity index (χ2n) is 4.51. The maximum atomic E-state index is 12.2. The molecule has 3 aromatic heterocycles. The van der Waals surface area contributed by atoms with Crippen LogP contribution >= 0.6 is 0 Å². The molecule has 0 atom stereocenters. The van der Waals surface area contributed by atoms with Crippen LogP contribution in [0.5, 0.6) is 0 Å². The molecule has 7 heteroatoms. The number of hydrogen-bond donors (Lipinski definition) is 2. The lowest BCUT2D eigenvalue weighted by molar-refractivity contribution is 0.102. The smallest absolute Gasteiger partial charge is 0.278 e. The van der Waals surface area contributed by atoms with Gasteiger partial charge in [-0.1, -0.05) is 12.1 Å². The van der Waals surface area contributed by atoms with Gasteiger partial charge in [-0.15, -0.1) is 0 Å². The topological polar surface area (TPSA) is 88.0 Å². The third kappa shape index (κ3) is 2.00. The quantitative estimate of drug-likeness (QED) is 0.585. The second-order valence-corrected chi connectivity index (χ2v) is 4.51. The van der Waals surface area contributed by atoms with Crippen LogP contribution in [0.1, 0.15) is 10.5 Å². The van der Waals surface area contributed by atoms with Crippen LogP contribution in [0.25, 0.3) is 16.7 Å². The van der Waals surface area contributed by atoms with Gasteiger partial charge in [-0.25, -0.2) is 14.5 Å². The molecule has 0 aliphatic carbocycles. The van der Waals surface area contributed by atoms with Gasteiger partial charge in [0.05, 0.1) is 17.2 Å². The Morgan fingerprint density at radius 3 is 2.90 bits per heavy atom. The minimum atomic E-state index is -0.334. The van der Waals surface area contributed by atoms with Crippen molar-refractivity contribution < 1.29 is 4.79 Å². The number of benzene rings is 1. The number of imidazole rings is 2. The van der Waals surface area contributed by atoms with Crippen LogP contribution in [0.3, 0.4) is 0 Å². The summed E-state index contributed by atoms with van der Waals surface area (Å²) in [6.07, 6.45) is 3.21. The number of amides is 1. The molecule has 2 N–H and O–H groups in total. The Bertz CT molecular complexity index is 888. The molecular formula is C14H10N6O. The molecule has 1 amide bonds. The minimum absolute atomic E-state index is 0.286. The summed E-state index contributed by atoms with van der Waals surface area (Å²) in [5.74, 6) is 0.0609. The molecule has 0 saturated carbocycles. The number of fused-ring (bicyclic) bond motifs is 2. The molecule has 0 unspecified atom stereocenters. The average molecular weight is 278 g/mol. The molecule has 0 fully saturated rings. The summed E-state index contributed by atoms with van der Waals surface area (Å²) in [4.78, 5) is 23.7. The normalized spacial score (nSPS) is 11.0. The lowest BCUT2D eigenvalue weighted by Gasteiger charge is -1.96. The highest BCUT2D eigenvalue weighted by molar-refractivity contribution is 6.02. The zero-order chi connectivity index (χ0) is 14.2. The van der Waals surface area contributed by atoms with E-state index in [1.54, 1.807) is 29.0 Å². The number of nitrogens with zero attached hydrogens (tertiary/aromatic N) is 4. The number of nitrogens with one attached hydrogen (secondary N) is 2. The van der Waals surface area contributed by atoms with Crippen molar-refractivity contribution in [2.45, 2.75) is 0 Å². The first kappa shape index (κ1) is 11.6. The van der Waals surface area contributed by atoms with Crippen molar-refractivity contribution in [1.29, 1.82) is 0 Å². The zero-order valence-corrected chi connectivity index (χ0v) is 10.8. The Morgan fingerprint density at radius 2 is 2.05 bits per heavy atom. The van der Waals surface area contributed by atoms with E-state index in [9.17, 15) is 4.79 Å². The first-order chi connectivity index (χ1) is 10.3. The number of carbonyl (C=O) groups excluding carboxylic acids is 1. The second kappa shape index (κ2) is 4.41. The molecule has 0 aliphatic rings. The van der Waals surface area contributed by atoms with E-state index in [-0.39, 0.29) is 11.6 Å². The van der Waals surface area contributed by atoms with E-state index >= 15 is 0 Å². The minimum Gasteiger partial charge on any atom is -0.324 e. The van der Waals surface area contributed by atoms with E-state index in [4.69, 9.17) is 0 Å². The fraction of sp³-hybridized carbons (Fsp3) is 0. The highest BCUT2D eigenvalue weighted by Crippen LogP contribution is 2.14. The van der Waals surface area contributed by atoms with Crippen molar-refractivity contribution >= 4 is 28.5 Å². The summed E-state index contributed by atoms with van der Waals surface area (Å²) in [5, 5.41) is 6.78. The van der Waals surface area contributed by atoms with Gasteiger partial charge in [-0.3, -0.25) is 10.1 Å². The molecule has 0 radical (unpaired) electrons. The van der Waals surface area contributed by atoms with Crippen molar-refractivity contribution in [3.8, 4) is 0 Å². The first-order valence-corrected chi connectivity index (χ1v) is 6.36. The summed E-state index contributed by atoms with van der Waals surface area (Å²) in [6.45, 7) is 0. The fourth-order valence-corrected chi connectivity index (χ4v) is 2.12. The van der Waals surface area contributed by atoms with Gasteiger partial charge in [0.15, 0.2) is 5.65 Å². The van der Waals surface area contributed by atoms with E-state index in [2.05, 4.69) is 25.4 Å². The average Bonchev–Trinajstić information content (AvgIpc) is 3.10. The zero-order valence-electron chi connectivity index (χ0n) is 10.8. The summed E-state index contributed by atoms with van der Waals surface area (Å²) in [5.41, 5.74) is 2.57. The van der Waals surface area contributed by atoms with Crippen LogP contribution in [-0.4, -0.2) is 30.5 Å². The Hall–Kier alpha value is -3.22. The van der Waals surface area contributed by atoms with Gasteiger partial charge in [0.1, 0.15) is 5.69 Å². The van der Waals surface area contributed by atoms with E-state index in [1.807, 2.05) is 24.3 Å². The van der Waals surface area contributed by atoms with Gasteiger partial charge >= 0.3 is 0 Å². The molecular weight excluding hydrogens is 268 g/mol. The van der Waals surface area contributed by atoms with E-state index in [0.29, 0.717) is 11.6 Å². The fourth-order valence-electron chi connectivity index (χ4n) is 2.12. The van der Waals surface area contributed by atoms with Crippen LogP contribution in [0.4, 0.5) is 5.95 Å². The van der Waals surface area contributed by atoms with E-state index in [0.717, 1.165) is 11.0 Å². The first-order valence-electron chi connectivity index (χ1n) is 6.36. The number of aromatic nitrogens is 5. The molecule has 1 aromatic carbocycles. The predicted molar refractivity (Wildman–Crippen MR) is 77.0 cm³/mol. The van der Waals surface area contributed by atoms with Crippen LogP contribution in [0, 0.1) is 0 Å². The molecule has 21 heavy (non-hydrogen) atoms. The predicted octanol–water partition coefficient (Wildman–Crippen LogP) is 1.86. The molecule has 102 valence electrons. The maximum Gasteiger partial charge on any atom is 0.278 e. The Kier molecular flexibility index (Phi) is 2.43. The molecule has 0 spiro atoms. The molecule has 4 rings (SSSR count). The highest BCUT2D eigenvalue weighted by Gasteiger charge is 2.13. The van der Waals surface area contributed by atoms with Gasteiger partial charge in [0.2, 0.25) is 5.95 Å². The van der Waals surface area contributed by atoms with Crippen molar-refractivity contribution in [2.75, 3.05) is 5.32 Å². The molecule has 4 aromatic rings. The van der Waals surface area contributed by atoms with Crippen molar-refractivity contribution in [3.05, 3.63) is 54.5 Å². The molecule has 0 saturated heterocycles. The largest absolute Gasteiger partial charge is 0.324 e. The van der Waals surface area contributed by atoms with Crippen molar-refractivity contribution in [2.24, 2.45) is 0 Å². The van der Waals surface area contributed by atoms with Gasteiger partial charge in [0.25, 0.3) is 5.91 Å². The number of hydrogen-bond acceptors (Lipinski definition) is 4. The van der Waals surface area contributed by atoms with Crippen LogP contribution in [0.15, 0.2) is 48.8 Å². The third-order valence-corrected chi connectivity index (χ3v) is 3.09. The highest BCUT2D eigenvalue weighted by atomic mass is 16.2. The summed E-state index contributed by atoms with van der Waals surface area (Å²) >= 11 is 0. The monoisotopic (exact) mass is 278 g/mol. The van der Waals surface area contributed by atoms with Gasteiger partial charge in [-0.2, -0.15) is 5.10 Å². The van der Waals surface area contributed by atoms with Gasteiger partial charge in [0, 0.05) is 6.20 Å². The Balaban J connectivity index is 1.65. The standard InChI is InChI=1S/C14H10N6O/c21-13(11-8-20-12(16-11)6-3-7-15-20)19-14-17-9-4-1-2-5-10(9)18-14/h1-8H,(H2,17,18,19,21). The molecule has 0 aliphatic heterocycles. The van der Waals surface area contributed by atoms with Crippen LogP contribution in [-0.2, 0) is 0 Å².